The number of aliphatic hydroxyl groups is 1. The minimum Gasteiger partial charge on any atom is -0.380 e. The zero-order valence-electron chi connectivity index (χ0n) is 22.6. The monoisotopic (exact) mass is 483 g/mol. The second kappa shape index (κ2) is 21.0. The van der Waals surface area contributed by atoms with Crippen molar-refractivity contribution in [1.29, 1.82) is 0 Å². The van der Waals surface area contributed by atoms with Gasteiger partial charge in [-0.1, -0.05) is 91.4 Å². The van der Waals surface area contributed by atoms with Crippen LogP contribution in [0.25, 0.3) is 0 Å². The molecule has 0 aromatic carbocycles. The summed E-state index contributed by atoms with van der Waals surface area (Å²) < 4.78 is 23.0. The van der Waals surface area contributed by atoms with E-state index < -0.39 is 5.87 Å². The van der Waals surface area contributed by atoms with Gasteiger partial charge in [0.15, 0.2) is 7.85 Å². The van der Waals surface area contributed by atoms with Crippen molar-refractivity contribution >= 4 is 7.85 Å². The Morgan fingerprint density at radius 3 is 1.56 bits per heavy atom. The van der Waals surface area contributed by atoms with E-state index in [1.807, 2.05) is 0 Å². The molecule has 6 nitrogen and oxygen atoms in total. The first-order valence-electron chi connectivity index (χ1n) is 14.2. The minimum atomic E-state index is -2.06. The number of ether oxygens (including phenoxy) is 4. The van der Waals surface area contributed by atoms with Gasteiger partial charge in [-0.2, -0.15) is 0 Å². The Morgan fingerprint density at radius 1 is 0.706 bits per heavy atom. The molecule has 2 radical (unpaired) electrons. The Hall–Kier alpha value is -0.175. The predicted octanol–water partition coefficient (Wildman–Crippen LogP) is 5.40. The molecule has 0 amide bonds. The van der Waals surface area contributed by atoms with Crippen LogP contribution in [0.1, 0.15) is 111 Å². The van der Waals surface area contributed by atoms with Crippen LogP contribution in [0.5, 0.6) is 0 Å². The van der Waals surface area contributed by atoms with Crippen LogP contribution in [-0.4, -0.2) is 82.0 Å². The molecule has 1 heterocycles. The van der Waals surface area contributed by atoms with Gasteiger partial charge in [-0.25, -0.2) is 0 Å². The lowest BCUT2D eigenvalue weighted by molar-refractivity contribution is -0.322. The van der Waals surface area contributed by atoms with Crippen molar-refractivity contribution in [1.82, 2.24) is 4.90 Å². The fourth-order valence-electron chi connectivity index (χ4n) is 4.33. The Labute approximate surface area is 211 Å². The summed E-state index contributed by atoms with van der Waals surface area (Å²) in [6, 6.07) is 0.0170. The van der Waals surface area contributed by atoms with Crippen LogP contribution in [0.2, 0.25) is 0 Å². The van der Waals surface area contributed by atoms with E-state index in [0.717, 1.165) is 51.9 Å². The van der Waals surface area contributed by atoms with E-state index in [-0.39, 0.29) is 25.3 Å². The van der Waals surface area contributed by atoms with E-state index in [1.165, 1.54) is 57.8 Å². The molecule has 1 rings (SSSR count). The van der Waals surface area contributed by atoms with Gasteiger partial charge in [0.1, 0.15) is 0 Å². The quantitative estimate of drug-likeness (QED) is 0.174. The lowest BCUT2D eigenvalue weighted by atomic mass is 10.0. The third-order valence-corrected chi connectivity index (χ3v) is 6.58. The van der Waals surface area contributed by atoms with Gasteiger partial charge in [-0.3, -0.25) is 4.90 Å². The number of rotatable bonds is 21. The molecule has 7 heteroatoms. The summed E-state index contributed by atoms with van der Waals surface area (Å²) in [6.07, 6.45) is 17.4. The third-order valence-electron chi connectivity index (χ3n) is 6.58. The molecule has 1 saturated heterocycles. The summed E-state index contributed by atoms with van der Waals surface area (Å²) in [7, 11) is 5.79. The van der Waals surface area contributed by atoms with Gasteiger partial charge < -0.3 is 24.1 Å². The SMILES string of the molecule is [B]C1(O)OCC(COCCCC)N(CCCCCCCCCCCC)C(COCCCC)CO1. The van der Waals surface area contributed by atoms with Crippen LogP contribution in [0, 0.1) is 0 Å². The first kappa shape index (κ1) is 31.9. The minimum absolute atomic E-state index is 0.00849. The molecule has 1 aliphatic rings. The standard InChI is InChI=1S/C27H54BNO5/c1-4-7-10-11-12-13-14-15-16-17-18-29-25(21-31-19-8-5-2)23-33-27(28,30)34-24-26(29)22-32-20-9-6-3/h25-26,30H,4-24H2,1-3H3. The van der Waals surface area contributed by atoms with Crippen molar-refractivity contribution in [3.8, 4) is 0 Å². The zero-order chi connectivity index (χ0) is 24.9. The summed E-state index contributed by atoms with van der Waals surface area (Å²) >= 11 is 0. The summed E-state index contributed by atoms with van der Waals surface area (Å²) in [6.45, 7) is 10.6. The molecule has 0 spiro atoms. The molecule has 1 fully saturated rings. The molecule has 0 bridgehead atoms. The lowest BCUT2D eigenvalue weighted by Crippen LogP contribution is -2.57. The van der Waals surface area contributed by atoms with Crippen LogP contribution >= 0.6 is 0 Å². The number of nitrogens with zero attached hydrogens (tertiary/aromatic N) is 1. The van der Waals surface area contributed by atoms with Gasteiger partial charge in [0.25, 0.3) is 0 Å². The highest BCUT2D eigenvalue weighted by Crippen LogP contribution is 2.20. The molecule has 0 aromatic rings. The second-order valence-corrected chi connectivity index (χ2v) is 9.84. The molecule has 1 aliphatic heterocycles. The van der Waals surface area contributed by atoms with E-state index >= 15 is 0 Å². The van der Waals surface area contributed by atoms with Crippen LogP contribution in [0.15, 0.2) is 0 Å². The van der Waals surface area contributed by atoms with Gasteiger partial charge in [0.05, 0.1) is 38.5 Å². The fraction of sp³-hybridized carbons (Fsp3) is 1.00. The molecule has 0 saturated carbocycles. The molecule has 34 heavy (non-hydrogen) atoms. The normalized spacial score (nSPS) is 24.2. The maximum atomic E-state index is 10.2. The van der Waals surface area contributed by atoms with E-state index in [9.17, 15) is 5.11 Å². The van der Waals surface area contributed by atoms with Crippen molar-refractivity contribution in [3.63, 3.8) is 0 Å². The predicted molar refractivity (Wildman–Crippen MR) is 140 cm³/mol. The third kappa shape index (κ3) is 15.7. The molecule has 1 N–H and O–H groups in total. The van der Waals surface area contributed by atoms with Crippen molar-refractivity contribution < 1.29 is 24.1 Å². The van der Waals surface area contributed by atoms with Gasteiger partial charge in [-0.15, -0.1) is 0 Å². The zero-order valence-corrected chi connectivity index (χ0v) is 22.6. The molecular formula is C27H54BNO5. The number of hydrogen-bond donors (Lipinski definition) is 1. The Morgan fingerprint density at radius 2 is 1.12 bits per heavy atom. The Balaban J connectivity index is 2.59. The fourth-order valence-corrected chi connectivity index (χ4v) is 4.33. The maximum absolute atomic E-state index is 10.2. The van der Waals surface area contributed by atoms with Gasteiger partial charge in [0, 0.05) is 13.2 Å². The highest BCUT2D eigenvalue weighted by atomic mass is 16.8. The summed E-state index contributed by atoms with van der Waals surface area (Å²) in [5, 5.41) is 10.2. The van der Waals surface area contributed by atoms with E-state index in [2.05, 4.69) is 25.7 Å². The summed E-state index contributed by atoms with van der Waals surface area (Å²) in [5.41, 5.74) is 0. The maximum Gasteiger partial charge on any atom is 0.220 e. The average molecular weight is 484 g/mol. The van der Waals surface area contributed by atoms with Crippen molar-refractivity contribution in [2.75, 3.05) is 46.2 Å². The number of unbranched alkanes of at least 4 members (excludes halogenated alkanes) is 11. The van der Waals surface area contributed by atoms with Gasteiger partial charge in [-0.05, 0) is 25.8 Å². The first-order valence-corrected chi connectivity index (χ1v) is 14.2. The van der Waals surface area contributed by atoms with E-state index in [1.54, 1.807) is 0 Å². The van der Waals surface area contributed by atoms with Crippen LogP contribution in [0.3, 0.4) is 0 Å². The smallest absolute Gasteiger partial charge is 0.220 e. The first-order chi connectivity index (χ1) is 16.5. The highest BCUT2D eigenvalue weighted by Gasteiger charge is 2.34. The van der Waals surface area contributed by atoms with E-state index in [4.69, 9.17) is 26.8 Å². The number of hydrogen-bond acceptors (Lipinski definition) is 6. The van der Waals surface area contributed by atoms with E-state index in [0.29, 0.717) is 13.2 Å². The Bertz CT molecular complexity index is 429. The highest BCUT2D eigenvalue weighted by molar-refractivity contribution is 6.12. The lowest BCUT2D eigenvalue weighted by Gasteiger charge is -2.42. The molecule has 0 aromatic heterocycles. The average Bonchev–Trinajstić information content (AvgIpc) is 2.82. The molecule has 2 atom stereocenters. The molecule has 0 aliphatic carbocycles. The van der Waals surface area contributed by atoms with Gasteiger partial charge >= 0.3 is 0 Å². The van der Waals surface area contributed by atoms with Gasteiger partial charge in [0.2, 0.25) is 5.87 Å². The van der Waals surface area contributed by atoms with Crippen molar-refractivity contribution in [2.45, 2.75) is 129 Å². The Kier molecular flexibility index (Phi) is 19.6. The summed E-state index contributed by atoms with van der Waals surface area (Å²) in [5.74, 6) is -2.06. The van der Waals surface area contributed by atoms with Crippen LogP contribution in [0.4, 0.5) is 0 Å². The molecular weight excluding hydrogens is 429 g/mol. The van der Waals surface area contributed by atoms with Crippen LogP contribution in [-0.2, 0) is 18.9 Å². The van der Waals surface area contributed by atoms with Crippen LogP contribution < -0.4 is 0 Å². The summed E-state index contributed by atoms with van der Waals surface area (Å²) in [4.78, 5) is 2.41. The van der Waals surface area contributed by atoms with Crippen molar-refractivity contribution in [3.05, 3.63) is 0 Å². The molecule has 200 valence electrons. The molecule has 2 unspecified atom stereocenters. The topological polar surface area (TPSA) is 60.4 Å². The van der Waals surface area contributed by atoms with Crippen molar-refractivity contribution in [2.24, 2.45) is 0 Å². The second-order valence-electron chi connectivity index (χ2n) is 9.84. The largest absolute Gasteiger partial charge is 0.380 e.